The number of ether oxygens (including phenoxy) is 1. The largest absolute Gasteiger partial charge is 0.451 e. The molecule has 1 N–H and O–H groups in total. The molecule has 1 aliphatic carbocycles. The van der Waals surface area contributed by atoms with Gasteiger partial charge in [-0.25, -0.2) is 9.59 Å². The Bertz CT molecular complexity index is 687. The van der Waals surface area contributed by atoms with E-state index in [4.69, 9.17) is 4.74 Å². The molecule has 10 heteroatoms. The summed E-state index contributed by atoms with van der Waals surface area (Å²) in [5, 5.41) is 2.49. The summed E-state index contributed by atoms with van der Waals surface area (Å²) in [4.78, 5) is 64.5. The molecule has 3 aliphatic rings. The van der Waals surface area contributed by atoms with Crippen LogP contribution in [0.2, 0.25) is 0 Å². The van der Waals surface area contributed by atoms with Crippen molar-refractivity contribution in [1.82, 2.24) is 20.0 Å². The van der Waals surface area contributed by atoms with Crippen LogP contribution in [0.25, 0.3) is 0 Å². The summed E-state index contributed by atoms with van der Waals surface area (Å²) in [5.74, 6) is -1.89. The summed E-state index contributed by atoms with van der Waals surface area (Å²) in [7, 11) is 1.58. The van der Waals surface area contributed by atoms with E-state index in [0.717, 1.165) is 29.1 Å². The molecule has 27 heavy (non-hydrogen) atoms. The number of nitrogens with zero attached hydrogens (tertiary/aromatic N) is 3. The SMILES string of the molecule is CC(OC(=O)CN1C(=O)N(C)C2(CCCCC2)C1=O)C(=O)N1CCNC1=O. The van der Waals surface area contributed by atoms with Crippen LogP contribution in [0, 0.1) is 0 Å². The van der Waals surface area contributed by atoms with E-state index < -0.39 is 42.1 Å². The molecule has 148 valence electrons. The Hall–Kier alpha value is -2.65. The van der Waals surface area contributed by atoms with Gasteiger partial charge in [0, 0.05) is 20.1 Å². The third-order valence-corrected chi connectivity index (χ3v) is 5.55. The minimum atomic E-state index is -1.18. The average molecular weight is 380 g/mol. The number of likely N-dealkylation sites (N-methyl/N-ethyl adjacent to an activating group) is 1. The lowest BCUT2D eigenvalue weighted by atomic mass is 9.81. The van der Waals surface area contributed by atoms with E-state index in [1.807, 2.05) is 0 Å². The Kier molecular flexibility index (Phi) is 5.07. The number of esters is 1. The van der Waals surface area contributed by atoms with Gasteiger partial charge >= 0.3 is 18.0 Å². The minimum absolute atomic E-state index is 0.204. The molecular formula is C17H24N4O6. The van der Waals surface area contributed by atoms with E-state index in [1.165, 1.54) is 11.8 Å². The molecule has 10 nitrogen and oxygen atoms in total. The second-order valence-corrected chi connectivity index (χ2v) is 7.18. The smallest absolute Gasteiger partial charge is 0.327 e. The van der Waals surface area contributed by atoms with Crippen LogP contribution in [0.5, 0.6) is 0 Å². The fourth-order valence-corrected chi connectivity index (χ4v) is 3.99. The van der Waals surface area contributed by atoms with E-state index >= 15 is 0 Å². The maximum atomic E-state index is 12.8. The Balaban J connectivity index is 1.62. The molecular weight excluding hydrogens is 356 g/mol. The molecule has 0 radical (unpaired) electrons. The van der Waals surface area contributed by atoms with E-state index in [-0.39, 0.29) is 12.5 Å². The number of carbonyl (C=O) groups is 5. The van der Waals surface area contributed by atoms with Crippen molar-refractivity contribution in [3.05, 3.63) is 0 Å². The lowest BCUT2D eigenvalue weighted by Gasteiger charge is -2.35. The zero-order chi connectivity index (χ0) is 19.8. The quantitative estimate of drug-likeness (QED) is 0.545. The van der Waals surface area contributed by atoms with Gasteiger partial charge in [0.1, 0.15) is 12.1 Å². The Morgan fingerprint density at radius 2 is 1.85 bits per heavy atom. The number of carbonyl (C=O) groups excluding carboxylic acids is 5. The number of nitrogens with one attached hydrogen (secondary N) is 1. The summed E-state index contributed by atoms with van der Waals surface area (Å²) in [5.41, 5.74) is -0.870. The predicted molar refractivity (Wildman–Crippen MR) is 91.4 cm³/mol. The Morgan fingerprint density at radius 1 is 1.19 bits per heavy atom. The van der Waals surface area contributed by atoms with Gasteiger partial charge in [0.25, 0.3) is 11.8 Å². The molecule has 0 aromatic carbocycles. The molecule has 2 saturated heterocycles. The van der Waals surface area contributed by atoms with Gasteiger partial charge in [-0.05, 0) is 19.8 Å². The number of amides is 6. The van der Waals surface area contributed by atoms with Gasteiger partial charge in [-0.3, -0.25) is 24.2 Å². The number of imide groups is 2. The van der Waals surface area contributed by atoms with E-state index in [1.54, 1.807) is 7.05 Å². The van der Waals surface area contributed by atoms with Gasteiger partial charge in [0.15, 0.2) is 6.10 Å². The van der Waals surface area contributed by atoms with E-state index in [0.29, 0.717) is 19.4 Å². The van der Waals surface area contributed by atoms with Crippen molar-refractivity contribution in [2.45, 2.75) is 50.7 Å². The maximum absolute atomic E-state index is 12.8. The summed E-state index contributed by atoms with van der Waals surface area (Å²) in [6.45, 7) is 1.36. The zero-order valence-electron chi connectivity index (χ0n) is 15.5. The zero-order valence-corrected chi connectivity index (χ0v) is 15.5. The molecule has 3 rings (SSSR count). The summed E-state index contributed by atoms with van der Waals surface area (Å²) in [6.07, 6.45) is 2.70. The molecule has 1 saturated carbocycles. The highest BCUT2D eigenvalue weighted by molar-refractivity contribution is 6.08. The van der Waals surface area contributed by atoms with E-state index in [2.05, 4.69) is 5.32 Å². The lowest BCUT2D eigenvalue weighted by molar-refractivity contribution is -0.159. The van der Waals surface area contributed by atoms with Crippen molar-refractivity contribution in [2.24, 2.45) is 0 Å². The molecule has 2 heterocycles. The van der Waals surface area contributed by atoms with Crippen molar-refractivity contribution in [3.63, 3.8) is 0 Å². The first kappa shape index (κ1) is 19.1. The van der Waals surface area contributed by atoms with Gasteiger partial charge in [-0.1, -0.05) is 19.3 Å². The van der Waals surface area contributed by atoms with Gasteiger partial charge in [-0.15, -0.1) is 0 Å². The number of rotatable bonds is 4. The van der Waals surface area contributed by atoms with Crippen LogP contribution in [0.4, 0.5) is 9.59 Å². The Labute approximate surface area is 156 Å². The van der Waals surface area contributed by atoms with Crippen LogP contribution in [0.15, 0.2) is 0 Å². The number of hydrogen-bond acceptors (Lipinski definition) is 6. The van der Waals surface area contributed by atoms with Crippen LogP contribution < -0.4 is 5.32 Å². The monoisotopic (exact) mass is 380 g/mol. The second kappa shape index (κ2) is 7.16. The van der Waals surface area contributed by atoms with Crippen LogP contribution >= 0.6 is 0 Å². The van der Waals surface area contributed by atoms with Crippen LogP contribution in [0.1, 0.15) is 39.0 Å². The lowest BCUT2D eigenvalue weighted by Crippen LogP contribution is -2.49. The summed E-state index contributed by atoms with van der Waals surface area (Å²) < 4.78 is 5.07. The molecule has 3 fully saturated rings. The first-order valence-electron chi connectivity index (χ1n) is 9.16. The Morgan fingerprint density at radius 3 is 2.44 bits per heavy atom. The van der Waals surface area contributed by atoms with Gasteiger partial charge in [0.2, 0.25) is 0 Å². The third kappa shape index (κ3) is 3.24. The molecule has 6 amide bonds. The first-order chi connectivity index (χ1) is 12.8. The highest BCUT2D eigenvalue weighted by Gasteiger charge is 2.56. The molecule has 1 unspecified atom stereocenters. The normalized spacial score (nSPS) is 23.0. The third-order valence-electron chi connectivity index (χ3n) is 5.55. The highest BCUT2D eigenvalue weighted by atomic mass is 16.5. The van der Waals surface area contributed by atoms with Crippen molar-refractivity contribution in [2.75, 3.05) is 26.7 Å². The van der Waals surface area contributed by atoms with E-state index in [9.17, 15) is 24.0 Å². The molecule has 2 aliphatic heterocycles. The van der Waals surface area contributed by atoms with Crippen molar-refractivity contribution in [1.29, 1.82) is 0 Å². The predicted octanol–water partition coefficient (Wildman–Crippen LogP) is 0.0668. The van der Waals surface area contributed by atoms with Gasteiger partial charge < -0.3 is 15.0 Å². The van der Waals surface area contributed by atoms with Gasteiger partial charge in [-0.2, -0.15) is 0 Å². The van der Waals surface area contributed by atoms with Crippen LogP contribution in [-0.4, -0.2) is 82.9 Å². The second-order valence-electron chi connectivity index (χ2n) is 7.18. The fraction of sp³-hybridized carbons (Fsp3) is 0.706. The minimum Gasteiger partial charge on any atom is -0.451 e. The summed E-state index contributed by atoms with van der Waals surface area (Å²) >= 11 is 0. The summed E-state index contributed by atoms with van der Waals surface area (Å²) in [6, 6.07) is -1.06. The number of hydrogen-bond donors (Lipinski definition) is 1. The van der Waals surface area contributed by atoms with Crippen LogP contribution in [-0.2, 0) is 19.1 Å². The first-order valence-corrected chi connectivity index (χ1v) is 9.16. The average Bonchev–Trinajstić information content (AvgIpc) is 3.15. The van der Waals surface area contributed by atoms with Crippen molar-refractivity contribution >= 4 is 29.8 Å². The number of urea groups is 2. The topological polar surface area (TPSA) is 116 Å². The van der Waals surface area contributed by atoms with Crippen molar-refractivity contribution < 1.29 is 28.7 Å². The van der Waals surface area contributed by atoms with Crippen molar-refractivity contribution in [3.8, 4) is 0 Å². The van der Waals surface area contributed by atoms with Crippen LogP contribution in [0.3, 0.4) is 0 Å². The molecule has 1 spiro atoms. The highest BCUT2D eigenvalue weighted by Crippen LogP contribution is 2.39. The van der Waals surface area contributed by atoms with Gasteiger partial charge in [0.05, 0.1) is 0 Å². The molecule has 0 bridgehead atoms. The molecule has 0 aromatic heterocycles. The standard InChI is InChI=1S/C17H24N4O6/c1-11(13(23)20-9-8-18-15(20)25)27-12(22)10-21-14(24)17(19(2)16(21)26)6-4-3-5-7-17/h11H,3-10H2,1-2H3,(H,18,25). The fourth-order valence-electron chi connectivity index (χ4n) is 3.99. The molecule has 0 aromatic rings. The molecule has 1 atom stereocenters. The maximum Gasteiger partial charge on any atom is 0.327 e.